The Hall–Kier alpha value is -1.36. The summed E-state index contributed by atoms with van der Waals surface area (Å²) in [5.41, 5.74) is 1.33. The van der Waals surface area contributed by atoms with Crippen molar-refractivity contribution in [3.63, 3.8) is 0 Å². The number of benzene rings is 1. The van der Waals surface area contributed by atoms with Gasteiger partial charge in [-0.25, -0.2) is 0 Å². The van der Waals surface area contributed by atoms with Crippen molar-refractivity contribution in [1.82, 2.24) is 9.47 Å². The first-order valence-corrected chi connectivity index (χ1v) is 7.90. The SMILES string of the molecule is Cn1c2ccccc2c2cc(CN3CCOCC3)sc21. The average molecular weight is 286 g/mol. The molecule has 0 aliphatic carbocycles. The summed E-state index contributed by atoms with van der Waals surface area (Å²) >= 11 is 1.92. The minimum absolute atomic E-state index is 0.869. The van der Waals surface area contributed by atoms with Gasteiger partial charge in [-0.15, -0.1) is 11.3 Å². The van der Waals surface area contributed by atoms with E-state index in [4.69, 9.17) is 4.74 Å². The molecule has 0 radical (unpaired) electrons. The van der Waals surface area contributed by atoms with E-state index in [1.807, 2.05) is 11.3 Å². The maximum atomic E-state index is 5.42. The van der Waals surface area contributed by atoms with Gasteiger partial charge in [0.05, 0.1) is 13.2 Å². The predicted molar refractivity (Wildman–Crippen MR) is 84.4 cm³/mol. The molecule has 4 rings (SSSR count). The van der Waals surface area contributed by atoms with E-state index in [2.05, 4.69) is 46.8 Å². The normalized spacial score (nSPS) is 17.2. The number of aromatic nitrogens is 1. The van der Waals surface area contributed by atoms with Crippen LogP contribution in [0.5, 0.6) is 0 Å². The number of ether oxygens (including phenoxy) is 1. The smallest absolute Gasteiger partial charge is 0.103 e. The van der Waals surface area contributed by atoms with Gasteiger partial charge in [0.25, 0.3) is 0 Å². The highest BCUT2D eigenvalue weighted by Crippen LogP contribution is 2.34. The lowest BCUT2D eigenvalue weighted by Crippen LogP contribution is -2.35. The number of aryl methyl sites for hydroxylation is 1. The number of thiophene rings is 1. The third kappa shape index (κ3) is 1.95. The first-order chi connectivity index (χ1) is 9.83. The van der Waals surface area contributed by atoms with Gasteiger partial charge in [-0.2, -0.15) is 0 Å². The van der Waals surface area contributed by atoms with Crippen LogP contribution in [0.3, 0.4) is 0 Å². The van der Waals surface area contributed by atoms with E-state index in [1.54, 1.807) is 0 Å². The lowest BCUT2D eigenvalue weighted by molar-refractivity contribution is 0.0346. The summed E-state index contributed by atoms with van der Waals surface area (Å²) in [7, 11) is 2.17. The maximum Gasteiger partial charge on any atom is 0.103 e. The quantitative estimate of drug-likeness (QED) is 0.719. The van der Waals surface area contributed by atoms with E-state index in [9.17, 15) is 0 Å². The molecule has 2 aromatic heterocycles. The Bertz CT molecular complexity index is 752. The molecule has 1 aliphatic rings. The molecule has 0 saturated carbocycles. The van der Waals surface area contributed by atoms with Gasteiger partial charge in [0.1, 0.15) is 4.83 Å². The number of hydrogen-bond acceptors (Lipinski definition) is 3. The fraction of sp³-hybridized carbons (Fsp3) is 0.375. The fourth-order valence-electron chi connectivity index (χ4n) is 3.03. The van der Waals surface area contributed by atoms with E-state index in [-0.39, 0.29) is 0 Å². The van der Waals surface area contributed by atoms with Crippen molar-refractivity contribution in [3.8, 4) is 0 Å². The highest BCUT2D eigenvalue weighted by Gasteiger charge is 2.15. The molecule has 1 fully saturated rings. The van der Waals surface area contributed by atoms with Crippen LogP contribution in [0.25, 0.3) is 21.1 Å². The largest absolute Gasteiger partial charge is 0.379 e. The minimum Gasteiger partial charge on any atom is -0.379 e. The van der Waals surface area contributed by atoms with Gasteiger partial charge >= 0.3 is 0 Å². The van der Waals surface area contributed by atoms with Crippen LogP contribution in [0.1, 0.15) is 4.88 Å². The molecule has 0 atom stereocenters. The molecule has 0 unspecified atom stereocenters. The van der Waals surface area contributed by atoms with Crippen LogP contribution in [-0.2, 0) is 18.3 Å². The minimum atomic E-state index is 0.869. The molecule has 3 aromatic rings. The Morgan fingerprint density at radius 1 is 1.15 bits per heavy atom. The Balaban J connectivity index is 1.73. The summed E-state index contributed by atoms with van der Waals surface area (Å²) in [4.78, 5) is 5.32. The fourth-order valence-corrected chi connectivity index (χ4v) is 4.22. The third-order valence-corrected chi connectivity index (χ3v) is 5.30. The van der Waals surface area contributed by atoms with Gasteiger partial charge in [0, 0.05) is 47.8 Å². The monoisotopic (exact) mass is 286 g/mol. The van der Waals surface area contributed by atoms with E-state index < -0.39 is 0 Å². The first-order valence-electron chi connectivity index (χ1n) is 7.09. The third-order valence-electron chi connectivity index (χ3n) is 4.11. The summed E-state index contributed by atoms with van der Waals surface area (Å²) in [6.07, 6.45) is 0. The number of rotatable bonds is 2. The summed E-state index contributed by atoms with van der Waals surface area (Å²) in [6.45, 7) is 4.89. The molecule has 0 spiro atoms. The van der Waals surface area contributed by atoms with Crippen LogP contribution >= 0.6 is 11.3 Å². The maximum absolute atomic E-state index is 5.42. The van der Waals surface area contributed by atoms with Crippen LogP contribution in [0.4, 0.5) is 0 Å². The van der Waals surface area contributed by atoms with E-state index in [0.717, 1.165) is 32.8 Å². The molecular weight excluding hydrogens is 268 g/mol. The Labute approximate surface area is 122 Å². The lowest BCUT2D eigenvalue weighted by atomic mass is 10.2. The standard InChI is InChI=1S/C16H18N2OS/c1-17-15-5-3-2-4-13(15)14-10-12(20-16(14)17)11-18-6-8-19-9-7-18/h2-5,10H,6-9,11H2,1H3. The van der Waals surface area contributed by atoms with E-state index >= 15 is 0 Å². The van der Waals surface area contributed by atoms with Crippen molar-refractivity contribution in [3.05, 3.63) is 35.2 Å². The molecule has 104 valence electrons. The van der Waals surface area contributed by atoms with Gasteiger partial charge < -0.3 is 9.30 Å². The summed E-state index contributed by atoms with van der Waals surface area (Å²) in [6, 6.07) is 11.0. The molecule has 3 heterocycles. The van der Waals surface area contributed by atoms with Crippen molar-refractivity contribution in [2.24, 2.45) is 7.05 Å². The second kappa shape index (κ2) is 4.88. The molecule has 0 N–H and O–H groups in total. The molecule has 1 aromatic carbocycles. The summed E-state index contributed by atoms with van der Waals surface area (Å²) in [5.74, 6) is 0. The van der Waals surface area contributed by atoms with Crippen molar-refractivity contribution in [2.75, 3.05) is 26.3 Å². The molecule has 0 bridgehead atoms. The molecule has 0 amide bonds. The van der Waals surface area contributed by atoms with Crippen LogP contribution in [0.15, 0.2) is 30.3 Å². The average Bonchev–Trinajstić information content (AvgIpc) is 3.01. The molecule has 1 aliphatic heterocycles. The number of morpholine rings is 1. The van der Waals surface area contributed by atoms with Crippen LogP contribution < -0.4 is 0 Å². The molecular formula is C16H18N2OS. The Morgan fingerprint density at radius 3 is 2.80 bits per heavy atom. The van der Waals surface area contributed by atoms with Gasteiger partial charge in [0.15, 0.2) is 0 Å². The highest BCUT2D eigenvalue weighted by atomic mass is 32.1. The highest BCUT2D eigenvalue weighted by molar-refractivity contribution is 7.19. The first kappa shape index (κ1) is 12.4. The second-order valence-electron chi connectivity index (χ2n) is 5.40. The Kier molecular flexibility index (Phi) is 3.02. The zero-order valence-electron chi connectivity index (χ0n) is 11.6. The Morgan fingerprint density at radius 2 is 1.95 bits per heavy atom. The van der Waals surface area contributed by atoms with Crippen molar-refractivity contribution in [1.29, 1.82) is 0 Å². The van der Waals surface area contributed by atoms with Gasteiger partial charge in [-0.05, 0) is 12.1 Å². The van der Waals surface area contributed by atoms with Crippen LogP contribution in [0.2, 0.25) is 0 Å². The second-order valence-corrected chi connectivity index (χ2v) is 6.51. The van der Waals surface area contributed by atoms with Gasteiger partial charge in [-0.3, -0.25) is 4.90 Å². The van der Waals surface area contributed by atoms with Gasteiger partial charge in [-0.1, -0.05) is 18.2 Å². The topological polar surface area (TPSA) is 17.4 Å². The number of para-hydroxylation sites is 1. The summed E-state index contributed by atoms with van der Waals surface area (Å²) in [5, 5.41) is 2.77. The van der Waals surface area contributed by atoms with Crippen LogP contribution in [0, 0.1) is 0 Å². The molecule has 20 heavy (non-hydrogen) atoms. The van der Waals surface area contributed by atoms with E-state index in [1.165, 1.54) is 26.0 Å². The van der Waals surface area contributed by atoms with Crippen molar-refractivity contribution < 1.29 is 4.74 Å². The van der Waals surface area contributed by atoms with Crippen molar-refractivity contribution in [2.45, 2.75) is 6.54 Å². The zero-order chi connectivity index (χ0) is 13.5. The number of hydrogen-bond donors (Lipinski definition) is 0. The van der Waals surface area contributed by atoms with Gasteiger partial charge in [0.2, 0.25) is 0 Å². The van der Waals surface area contributed by atoms with Crippen molar-refractivity contribution >= 4 is 32.5 Å². The summed E-state index contributed by atoms with van der Waals surface area (Å²) < 4.78 is 7.73. The molecule has 1 saturated heterocycles. The zero-order valence-corrected chi connectivity index (χ0v) is 12.4. The predicted octanol–water partition coefficient (Wildman–Crippen LogP) is 3.23. The van der Waals surface area contributed by atoms with Crippen LogP contribution in [-0.4, -0.2) is 35.8 Å². The van der Waals surface area contributed by atoms with E-state index in [0.29, 0.717) is 0 Å². The molecule has 3 nitrogen and oxygen atoms in total. The number of fused-ring (bicyclic) bond motifs is 3. The number of nitrogens with zero attached hydrogens (tertiary/aromatic N) is 2. The molecule has 4 heteroatoms. The lowest BCUT2D eigenvalue weighted by Gasteiger charge is -2.25.